The van der Waals surface area contributed by atoms with Gasteiger partial charge in [0.1, 0.15) is 5.82 Å². The molecule has 15 heavy (non-hydrogen) atoms. The second-order valence-corrected chi connectivity index (χ2v) is 3.93. The van der Waals surface area contributed by atoms with Crippen molar-refractivity contribution < 1.29 is 4.74 Å². The van der Waals surface area contributed by atoms with Crippen LogP contribution in [-0.4, -0.2) is 17.1 Å². The molecule has 0 unspecified atom stereocenters. The minimum Gasteiger partial charge on any atom is -0.480 e. The molecule has 2 aromatic rings. The first kappa shape index (κ1) is 10.3. The van der Waals surface area contributed by atoms with E-state index in [2.05, 4.69) is 25.9 Å². The van der Waals surface area contributed by atoms with E-state index in [1.165, 1.54) is 0 Å². The molecule has 1 heterocycles. The van der Waals surface area contributed by atoms with Gasteiger partial charge in [-0.3, -0.25) is 0 Å². The maximum Gasteiger partial charge on any atom is 0.224 e. The lowest BCUT2D eigenvalue weighted by atomic mass is 10.2. The average Bonchev–Trinajstić information content (AvgIpc) is 2.27. The Morgan fingerprint density at radius 3 is 2.87 bits per heavy atom. The molecule has 0 saturated carbocycles. The van der Waals surface area contributed by atoms with E-state index in [0.717, 1.165) is 15.4 Å². The van der Waals surface area contributed by atoms with Crippen molar-refractivity contribution in [1.82, 2.24) is 9.97 Å². The normalized spacial score (nSPS) is 10.6. The molecule has 0 spiro atoms. The van der Waals surface area contributed by atoms with Gasteiger partial charge in [-0.15, -0.1) is 0 Å². The van der Waals surface area contributed by atoms with Gasteiger partial charge < -0.3 is 10.5 Å². The molecule has 0 aliphatic heterocycles. The van der Waals surface area contributed by atoms with Gasteiger partial charge in [-0.1, -0.05) is 15.9 Å². The number of ether oxygens (including phenoxy) is 1. The SMILES string of the molecule is COc1nc(CN)nc2ccc(Br)cc12. The summed E-state index contributed by atoms with van der Waals surface area (Å²) < 4.78 is 6.17. The number of nitrogens with zero attached hydrogens (tertiary/aromatic N) is 2. The van der Waals surface area contributed by atoms with Crippen LogP contribution in [0.2, 0.25) is 0 Å². The number of halogens is 1. The predicted molar refractivity (Wildman–Crippen MR) is 61.7 cm³/mol. The Morgan fingerprint density at radius 2 is 2.20 bits per heavy atom. The first-order valence-corrected chi connectivity index (χ1v) is 5.24. The van der Waals surface area contributed by atoms with Gasteiger partial charge in [-0.05, 0) is 18.2 Å². The van der Waals surface area contributed by atoms with Crippen molar-refractivity contribution in [3.8, 4) is 5.88 Å². The number of hydrogen-bond donors (Lipinski definition) is 1. The van der Waals surface area contributed by atoms with Crippen molar-refractivity contribution in [2.75, 3.05) is 7.11 Å². The highest BCUT2D eigenvalue weighted by Gasteiger charge is 2.07. The largest absolute Gasteiger partial charge is 0.480 e. The number of benzene rings is 1. The maximum absolute atomic E-state index is 5.50. The molecule has 0 saturated heterocycles. The van der Waals surface area contributed by atoms with E-state index in [0.29, 0.717) is 18.2 Å². The molecule has 0 amide bonds. The Bertz CT molecular complexity index is 501. The minimum atomic E-state index is 0.308. The molecule has 0 fully saturated rings. The monoisotopic (exact) mass is 267 g/mol. The second kappa shape index (κ2) is 4.12. The third-order valence-corrected chi connectivity index (χ3v) is 2.54. The van der Waals surface area contributed by atoms with Crippen molar-refractivity contribution in [1.29, 1.82) is 0 Å². The first-order valence-electron chi connectivity index (χ1n) is 4.45. The van der Waals surface area contributed by atoms with E-state index < -0.39 is 0 Å². The lowest BCUT2D eigenvalue weighted by Crippen LogP contribution is -2.04. The Hall–Kier alpha value is -1.20. The summed E-state index contributed by atoms with van der Waals surface area (Å²) in [7, 11) is 1.59. The summed E-state index contributed by atoms with van der Waals surface area (Å²) >= 11 is 3.40. The van der Waals surface area contributed by atoms with Gasteiger partial charge in [-0.25, -0.2) is 4.98 Å². The topological polar surface area (TPSA) is 61.0 Å². The molecular formula is C10H10BrN3O. The summed E-state index contributed by atoms with van der Waals surface area (Å²) in [5, 5.41) is 0.879. The van der Waals surface area contributed by atoms with Gasteiger partial charge in [0.25, 0.3) is 0 Å². The third-order valence-electron chi connectivity index (χ3n) is 2.05. The van der Waals surface area contributed by atoms with Crippen molar-refractivity contribution in [3.05, 3.63) is 28.5 Å². The van der Waals surface area contributed by atoms with Crippen LogP contribution in [0.15, 0.2) is 22.7 Å². The summed E-state index contributed by atoms with van der Waals surface area (Å²) in [6.45, 7) is 0.308. The highest BCUT2D eigenvalue weighted by Crippen LogP contribution is 2.25. The summed E-state index contributed by atoms with van der Waals surface area (Å²) in [5.41, 5.74) is 6.34. The molecule has 0 aliphatic carbocycles. The number of hydrogen-bond acceptors (Lipinski definition) is 4. The predicted octanol–water partition coefficient (Wildman–Crippen LogP) is 1.86. The zero-order chi connectivity index (χ0) is 10.8. The van der Waals surface area contributed by atoms with Crippen LogP contribution in [-0.2, 0) is 6.54 Å². The molecule has 1 aromatic heterocycles. The number of nitrogens with two attached hydrogens (primary N) is 1. The quantitative estimate of drug-likeness (QED) is 0.903. The Labute approximate surface area is 95.6 Å². The number of aromatic nitrogens is 2. The standard InChI is InChI=1S/C10H10BrN3O/c1-15-10-7-4-6(11)2-3-8(7)13-9(5-12)14-10/h2-4H,5,12H2,1H3. The zero-order valence-electron chi connectivity index (χ0n) is 8.20. The van der Waals surface area contributed by atoms with Crippen LogP contribution < -0.4 is 10.5 Å². The zero-order valence-corrected chi connectivity index (χ0v) is 9.78. The van der Waals surface area contributed by atoms with Crippen LogP contribution in [0.5, 0.6) is 5.88 Å². The van der Waals surface area contributed by atoms with Crippen LogP contribution >= 0.6 is 15.9 Å². The summed E-state index contributed by atoms with van der Waals surface area (Å²) in [4.78, 5) is 8.51. The number of rotatable bonds is 2. The van der Waals surface area contributed by atoms with Crippen LogP contribution in [0, 0.1) is 0 Å². The Balaban J connectivity index is 2.75. The molecule has 5 heteroatoms. The first-order chi connectivity index (χ1) is 7.24. The molecule has 78 valence electrons. The fraction of sp³-hybridized carbons (Fsp3) is 0.200. The van der Waals surface area contributed by atoms with Crippen LogP contribution in [0.1, 0.15) is 5.82 Å². The van der Waals surface area contributed by atoms with E-state index in [1.807, 2.05) is 18.2 Å². The van der Waals surface area contributed by atoms with E-state index in [4.69, 9.17) is 10.5 Å². The third kappa shape index (κ3) is 1.93. The van der Waals surface area contributed by atoms with Gasteiger partial charge in [0.15, 0.2) is 0 Å². The molecule has 2 rings (SSSR count). The number of fused-ring (bicyclic) bond motifs is 1. The van der Waals surface area contributed by atoms with Gasteiger partial charge in [0.2, 0.25) is 5.88 Å². The molecule has 2 N–H and O–H groups in total. The van der Waals surface area contributed by atoms with E-state index in [-0.39, 0.29) is 0 Å². The molecule has 0 atom stereocenters. The van der Waals surface area contributed by atoms with Gasteiger partial charge in [-0.2, -0.15) is 4.98 Å². The average molecular weight is 268 g/mol. The Morgan fingerprint density at radius 1 is 1.40 bits per heavy atom. The van der Waals surface area contributed by atoms with Crippen LogP contribution in [0.3, 0.4) is 0 Å². The summed E-state index contributed by atoms with van der Waals surface area (Å²) in [6.07, 6.45) is 0. The highest BCUT2D eigenvalue weighted by molar-refractivity contribution is 9.10. The molecule has 0 radical (unpaired) electrons. The van der Waals surface area contributed by atoms with E-state index in [9.17, 15) is 0 Å². The second-order valence-electron chi connectivity index (χ2n) is 3.01. The molecular weight excluding hydrogens is 258 g/mol. The molecule has 0 aliphatic rings. The maximum atomic E-state index is 5.50. The molecule has 0 bridgehead atoms. The fourth-order valence-corrected chi connectivity index (χ4v) is 1.73. The smallest absolute Gasteiger partial charge is 0.224 e. The lowest BCUT2D eigenvalue weighted by Gasteiger charge is -2.06. The van der Waals surface area contributed by atoms with Crippen molar-refractivity contribution in [2.45, 2.75) is 6.54 Å². The van der Waals surface area contributed by atoms with E-state index in [1.54, 1.807) is 7.11 Å². The van der Waals surface area contributed by atoms with Crippen molar-refractivity contribution in [3.63, 3.8) is 0 Å². The number of methoxy groups -OCH3 is 1. The Kier molecular flexibility index (Phi) is 2.83. The lowest BCUT2D eigenvalue weighted by molar-refractivity contribution is 0.400. The highest BCUT2D eigenvalue weighted by atomic mass is 79.9. The van der Waals surface area contributed by atoms with Gasteiger partial charge in [0, 0.05) is 4.47 Å². The van der Waals surface area contributed by atoms with Crippen molar-refractivity contribution >= 4 is 26.8 Å². The summed E-state index contributed by atoms with van der Waals surface area (Å²) in [6, 6.07) is 5.76. The minimum absolute atomic E-state index is 0.308. The van der Waals surface area contributed by atoms with E-state index >= 15 is 0 Å². The van der Waals surface area contributed by atoms with Crippen molar-refractivity contribution in [2.24, 2.45) is 5.73 Å². The fourth-order valence-electron chi connectivity index (χ4n) is 1.37. The van der Waals surface area contributed by atoms with Crippen LogP contribution in [0.25, 0.3) is 10.9 Å². The van der Waals surface area contributed by atoms with Gasteiger partial charge >= 0.3 is 0 Å². The molecule has 4 nitrogen and oxygen atoms in total. The van der Waals surface area contributed by atoms with Gasteiger partial charge in [0.05, 0.1) is 24.6 Å². The summed E-state index contributed by atoms with van der Waals surface area (Å²) in [5.74, 6) is 1.14. The van der Waals surface area contributed by atoms with Crippen LogP contribution in [0.4, 0.5) is 0 Å². The molecule has 1 aromatic carbocycles.